The van der Waals surface area contributed by atoms with Crippen LogP contribution >= 0.6 is 0 Å². The molecule has 0 aromatic heterocycles. The highest BCUT2D eigenvalue weighted by molar-refractivity contribution is 5.01. The molecule has 2 heteroatoms. The monoisotopic (exact) mass is 164 g/mol. The third-order valence-corrected chi connectivity index (χ3v) is 1.86. The van der Waals surface area contributed by atoms with Crippen LogP contribution in [-0.2, 0) is 0 Å². The van der Waals surface area contributed by atoms with Crippen LogP contribution in [0.1, 0.15) is 32.1 Å². The van der Waals surface area contributed by atoms with Gasteiger partial charge in [0, 0.05) is 6.20 Å². The number of allylic oxidation sites excluding steroid dienone is 3. The van der Waals surface area contributed by atoms with Gasteiger partial charge in [0.1, 0.15) is 0 Å². The fraction of sp³-hybridized carbons (Fsp3) is 0.600. The number of hydrogen-bond donors (Lipinski definition) is 0. The fourth-order valence-electron chi connectivity index (χ4n) is 1.17. The molecular weight excluding hydrogens is 148 g/mol. The highest BCUT2D eigenvalue weighted by atomic mass is 15.1. The zero-order valence-electron chi connectivity index (χ0n) is 7.45. The van der Waals surface area contributed by atoms with Gasteiger partial charge in [-0.15, -0.1) is 0 Å². The Labute approximate surface area is 74.1 Å². The molecule has 1 aliphatic heterocycles. The standard InChI is InChI=1S/C10H16N2/c1-2-4-6-8-10-12-11-9-7-5-3-1/h3,5,7,9H,1-2,4,6,8,10H2. The van der Waals surface area contributed by atoms with Crippen molar-refractivity contribution in [3.05, 3.63) is 24.4 Å². The van der Waals surface area contributed by atoms with Crippen LogP contribution in [0.2, 0.25) is 0 Å². The lowest BCUT2D eigenvalue weighted by atomic mass is 10.1. The van der Waals surface area contributed by atoms with Crippen molar-refractivity contribution in [1.82, 2.24) is 0 Å². The molecule has 0 saturated heterocycles. The summed E-state index contributed by atoms with van der Waals surface area (Å²) in [4.78, 5) is 0. The van der Waals surface area contributed by atoms with Gasteiger partial charge in [0.05, 0.1) is 6.54 Å². The quantitative estimate of drug-likeness (QED) is 0.523. The van der Waals surface area contributed by atoms with E-state index in [1.807, 2.05) is 12.2 Å². The molecule has 0 aromatic carbocycles. The topological polar surface area (TPSA) is 24.7 Å². The second-order valence-corrected chi connectivity index (χ2v) is 2.95. The van der Waals surface area contributed by atoms with Gasteiger partial charge in [-0.05, 0) is 25.3 Å². The van der Waals surface area contributed by atoms with E-state index < -0.39 is 0 Å². The van der Waals surface area contributed by atoms with Crippen LogP contribution in [0.25, 0.3) is 0 Å². The first kappa shape index (κ1) is 9.17. The SMILES string of the molecule is C1=CCCCCCCN=NC=C1. The zero-order valence-corrected chi connectivity index (χ0v) is 7.45. The molecule has 0 aromatic rings. The van der Waals surface area contributed by atoms with E-state index in [-0.39, 0.29) is 0 Å². The first-order valence-electron chi connectivity index (χ1n) is 4.68. The molecule has 0 N–H and O–H groups in total. The van der Waals surface area contributed by atoms with Crippen molar-refractivity contribution in [1.29, 1.82) is 0 Å². The Balaban J connectivity index is 2.32. The van der Waals surface area contributed by atoms with E-state index in [2.05, 4.69) is 16.3 Å². The highest BCUT2D eigenvalue weighted by Crippen LogP contribution is 2.04. The van der Waals surface area contributed by atoms with Crippen LogP contribution in [-0.4, -0.2) is 6.54 Å². The Bertz CT molecular complexity index is 160. The predicted octanol–water partition coefficient (Wildman–Crippen LogP) is 3.47. The van der Waals surface area contributed by atoms with Gasteiger partial charge in [0.15, 0.2) is 0 Å². The summed E-state index contributed by atoms with van der Waals surface area (Å²) < 4.78 is 0. The number of rotatable bonds is 0. The highest BCUT2D eigenvalue weighted by Gasteiger charge is 1.88. The van der Waals surface area contributed by atoms with Crippen LogP contribution < -0.4 is 0 Å². The Morgan fingerprint density at radius 1 is 0.917 bits per heavy atom. The third kappa shape index (κ3) is 4.83. The minimum Gasteiger partial charge on any atom is -0.189 e. The summed E-state index contributed by atoms with van der Waals surface area (Å²) in [6.07, 6.45) is 14.2. The van der Waals surface area contributed by atoms with E-state index in [1.54, 1.807) is 6.20 Å². The smallest absolute Gasteiger partial charge is 0.0603 e. The number of azo groups is 1. The molecule has 12 heavy (non-hydrogen) atoms. The normalized spacial score (nSPS) is 20.0. The van der Waals surface area contributed by atoms with Gasteiger partial charge in [0.25, 0.3) is 0 Å². The van der Waals surface area contributed by atoms with E-state index in [9.17, 15) is 0 Å². The van der Waals surface area contributed by atoms with Crippen molar-refractivity contribution in [2.45, 2.75) is 32.1 Å². The summed E-state index contributed by atoms with van der Waals surface area (Å²) in [6, 6.07) is 0. The van der Waals surface area contributed by atoms with E-state index in [4.69, 9.17) is 0 Å². The molecule has 2 nitrogen and oxygen atoms in total. The van der Waals surface area contributed by atoms with E-state index >= 15 is 0 Å². The Kier molecular flexibility index (Phi) is 5.17. The van der Waals surface area contributed by atoms with Gasteiger partial charge in [0.2, 0.25) is 0 Å². The lowest BCUT2D eigenvalue weighted by molar-refractivity contribution is 0.645. The van der Waals surface area contributed by atoms with E-state index in [0.29, 0.717) is 0 Å². The summed E-state index contributed by atoms with van der Waals surface area (Å²) in [5.74, 6) is 0. The second-order valence-electron chi connectivity index (χ2n) is 2.95. The number of hydrogen-bond acceptors (Lipinski definition) is 2. The minimum absolute atomic E-state index is 0.883. The molecule has 0 atom stereocenters. The minimum atomic E-state index is 0.883. The third-order valence-electron chi connectivity index (χ3n) is 1.86. The maximum atomic E-state index is 4.01. The molecule has 0 spiro atoms. The van der Waals surface area contributed by atoms with Crippen molar-refractivity contribution >= 4 is 0 Å². The molecule has 1 aliphatic rings. The van der Waals surface area contributed by atoms with Gasteiger partial charge in [-0.2, -0.15) is 10.2 Å². The van der Waals surface area contributed by atoms with Gasteiger partial charge in [-0.3, -0.25) is 0 Å². The van der Waals surface area contributed by atoms with Crippen LogP contribution in [0.15, 0.2) is 34.7 Å². The van der Waals surface area contributed by atoms with Gasteiger partial charge in [-0.1, -0.05) is 25.0 Å². The van der Waals surface area contributed by atoms with Crippen LogP contribution in [0.4, 0.5) is 0 Å². The molecule has 0 aliphatic carbocycles. The Morgan fingerprint density at radius 3 is 2.83 bits per heavy atom. The zero-order chi connectivity index (χ0) is 8.49. The summed E-state index contributed by atoms with van der Waals surface area (Å²) in [5.41, 5.74) is 0. The summed E-state index contributed by atoms with van der Waals surface area (Å²) in [6.45, 7) is 0.883. The molecule has 0 amide bonds. The van der Waals surface area contributed by atoms with Crippen molar-refractivity contribution in [2.75, 3.05) is 6.54 Å². The molecule has 0 saturated carbocycles. The first-order chi connectivity index (χ1) is 6.00. The lowest BCUT2D eigenvalue weighted by Gasteiger charge is -1.96. The van der Waals surface area contributed by atoms with Crippen LogP contribution in [0, 0.1) is 0 Å². The maximum Gasteiger partial charge on any atom is 0.0603 e. The predicted molar refractivity (Wildman–Crippen MR) is 51.1 cm³/mol. The average molecular weight is 164 g/mol. The van der Waals surface area contributed by atoms with Gasteiger partial charge >= 0.3 is 0 Å². The van der Waals surface area contributed by atoms with Crippen molar-refractivity contribution in [3.63, 3.8) is 0 Å². The fourth-order valence-corrected chi connectivity index (χ4v) is 1.17. The molecule has 1 heterocycles. The molecular formula is C10H16N2. The lowest BCUT2D eigenvalue weighted by Crippen LogP contribution is -1.81. The van der Waals surface area contributed by atoms with Crippen molar-refractivity contribution < 1.29 is 0 Å². The average Bonchev–Trinajstić information content (AvgIpc) is 2.05. The van der Waals surface area contributed by atoms with Gasteiger partial charge < -0.3 is 0 Å². The molecule has 0 bridgehead atoms. The summed E-state index contributed by atoms with van der Waals surface area (Å²) >= 11 is 0. The van der Waals surface area contributed by atoms with E-state index in [1.165, 1.54) is 32.1 Å². The van der Waals surface area contributed by atoms with Crippen molar-refractivity contribution in [2.24, 2.45) is 10.2 Å². The molecule has 66 valence electrons. The summed E-state index contributed by atoms with van der Waals surface area (Å²) in [5, 5.41) is 7.91. The molecule has 1 rings (SSSR count). The van der Waals surface area contributed by atoms with Gasteiger partial charge in [-0.25, -0.2) is 0 Å². The van der Waals surface area contributed by atoms with Crippen molar-refractivity contribution in [3.8, 4) is 0 Å². The molecule has 0 fully saturated rings. The largest absolute Gasteiger partial charge is 0.189 e. The Hall–Kier alpha value is -0.920. The maximum absolute atomic E-state index is 4.01. The second kappa shape index (κ2) is 6.77. The molecule has 0 unspecified atom stereocenters. The van der Waals surface area contributed by atoms with Crippen LogP contribution in [0.5, 0.6) is 0 Å². The molecule has 0 radical (unpaired) electrons. The van der Waals surface area contributed by atoms with Crippen LogP contribution in [0.3, 0.4) is 0 Å². The Morgan fingerprint density at radius 2 is 1.83 bits per heavy atom. The van der Waals surface area contributed by atoms with E-state index in [0.717, 1.165) is 6.54 Å². The summed E-state index contributed by atoms with van der Waals surface area (Å²) in [7, 11) is 0. The number of nitrogens with zero attached hydrogens (tertiary/aromatic N) is 2. The first-order valence-corrected chi connectivity index (χ1v) is 4.68.